The lowest BCUT2D eigenvalue weighted by molar-refractivity contribution is -0.152. The Morgan fingerprint density at radius 2 is 1.80 bits per heavy atom. The molecule has 3 aliphatic carbocycles. The van der Waals surface area contributed by atoms with Gasteiger partial charge in [-0.2, -0.15) is 0 Å². The summed E-state index contributed by atoms with van der Waals surface area (Å²) in [5.41, 5.74) is 1.22. The van der Waals surface area contributed by atoms with Crippen LogP contribution in [0.2, 0.25) is 5.02 Å². The van der Waals surface area contributed by atoms with E-state index in [1.807, 2.05) is 36.1 Å². The van der Waals surface area contributed by atoms with Crippen LogP contribution in [-0.2, 0) is 20.9 Å². The van der Waals surface area contributed by atoms with Gasteiger partial charge in [-0.25, -0.2) is 0 Å². The Labute approximate surface area is 182 Å². The summed E-state index contributed by atoms with van der Waals surface area (Å²) in [6.07, 6.45) is 6.02. The number of nitrogens with zero attached hydrogens (tertiary/aromatic N) is 1. The maximum atomic E-state index is 13.5. The number of fused-ring (bicyclic) bond motifs is 5. The SMILES string of the molecule is CC12CCC(=O)N(Cc3ccc(Cl)cc3)C1=CCC1[C@@H]2C(=O)C[C@]2(C)C(=O)CC[C@@H]12. The monoisotopic (exact) mass is 425 g/mol. The van der Waals surface area contributed by atoms with Crippen LogP contribution in [-0.4, -0.2) is 22.4 Å². The Bertz CT molecular complexity index is 967. The maximum absolute atomic E-state index is 13.5. The Morgan fingerprint density at radius 1 is 1.07 bits per heavy atom. The van der Waals surface area contributed by atoms with Gasteiger partial charge in [0.2, 0.25) is 5.91 Å². The fourth-order valence-corrected chi connectivity index (χ4v) is 7.13. The first kappa shape index (κ1) is 20.0. The van der Waals surface area contributed by atoms with E-state index in [4.69, 9.17) is 11.6 Å². The molecule has 1 aromatic rings. The van der Waals surface area contributed by atoms with E-state index < -0.39 is 5.41 Å². The number of hydrogen-bond acceptors (Lipinski definition) is 3. The highest BCUT2D eigenvalue weighted by atomic mass is 35.5. The molecule has 2 saturated carbocycles. The fourth-order valence-electron chi connectivity index (χ4n) is 7.01. The summed E-state index contributed by atoms with van der Waals surface area (Å²) in [7, 11) is 0. The molecule has 4 aliphatic rings. The van der Waals surface area contributed by atoms with Crippen LogP contribution in [0.15, 0.2) is 36.0 Å². The first-order chi connectivity index (χ1) is 14.2. The van der Waals surface area contributed by atoms with Crippen molar-refractivity contribution in [2.75, 3.05) is 0 Å². The van der Waals surface area contributed by atoms with Crippen molar-refractivity contribution in [2.45, 2.75) is 58.9 Å². The number of likely N-dealkylation sites (tertiary alicyclic amines) is 1. The van der Waals surface area contributed by atoms with Crippen LogP contribution in [0, 0.1) is 28.6 Å². The van der Waals surface area contributed by atoms with Crippen molar-refractivity contribution >= 4 is 29.1 Å². The molecule has 30 heavy (non-hydrogen) atoms. The smallest absolute Gasteiger partial charge is 0.227 e. The minimum atomic E-state index is -0.479. The average molecular weight is 426 g/mol. The van der Waals surface area contributed by atoms with E-state index in [-0.39, 0.29) is 40.6 Å². The number of Topliss-reactive ketones (excluding diaryl/α,β-unsaturated/α-hetero) is 2. The second-order valence-corrected chi connectivity index (χ2v) is 10.6. The molecule has 0 radical (unpaired) electrons. The van der Waals surface area contributed by atoms with Gasteiger partial charge >= 0.3 is 0 Å². The number of piperidine rings is 1. The van der Waals surface area contributed by atoms with Gasteiger partial charge in [-0.15, -0.1) is 0 Å². The predicted molar refractivity (Wildman–Crippen MR) is 114 cm³/mol. The van der Waals surface area contributed by atoms with Gasteiger partial charge in [0.15, 0.2) is 0 Å². The molecule has 1 heterocycles. The van der Waals surface area contributed by atoms with E-state index >= 15 is 0 Å². The average Bonchev–Trinajstić information content (AvgIpc) is 3.00. The van der Waals surface area contributed by atoms with E-state index in [2.05, 4.69) is 13.0 Å². The van der Waals surface area contributed by atoms with Crippen molar-refractivity contribution in [3.8, 4) is 0 Å². The van der Waals surface area contributed by atoms with Gasteiger partial charge in [0.05, 0.1) is 6.54 Å². The Morgan fingerprint density at radius 3 is 2.53 bits per heavy atom. The Hall–Kier alpha value is -1.94. The molecule has 2 unspecified atom stereocenters. The largest absolute Gasteiger partial charge is 0.312 e. The molecule has 0 aromatic heterocycles. The lowest BCUT2D eigenvalue weighted by atomic mass is 9.49. The molecule has 5 atom stereocenters. The number of allylic oxidation sites excluding steroid dienone is 2. The van der Waals surface area contributed by atoms with Crippen LogP contribution < -0.4 is 0 Å². The molecule has 3 fully saturated rings. The molecule has 0 bridgehead atoms. The summed E-state index contributed by atoms with van der Waals surface area (Å²) in [5, 5.41) is 0.676. The first-order valence-corrected chi connectivity index (χ1v) is 11.4. The highest BCUT2D eigenvalue weighted by Crippen LogP contribution is 2.62. The first-order valence-electron chi connectivity index (χ1n) is 11.1. The van der Waals surface area contributed by atoms with Crippen molar-refractivity contribution in [1.29, 1.82) is 0 Å². The Kier molecular flexibility index (Phi) is 4.52. The lowest BCUT2D eigenvalue weighted by Crippen LogP contribution is -2.57. The molecular formula is C25H28ClNO3. The molecule has 1 saturated heterocycles. The van der Waals surface area contributed by atoms with Gasteiger partial charge in [0.1, 0.15) is 11.6 Å². The molecule has 0 N–H and O–H groups in total. The van der Waals surface area contributed by atoms with Crippen LogP contribution in [0.1, 0.15) is 57.9 Å². The summed E-state index contributed by atoms with van der Waals surface area (Å²) < 4.78 is 0. The summed E-state index contributed by atoms with van der Waals surface area (Å²) in [6.45, 7) is 4.69. The van der Waals surface area contributed by atoms with Crippen LogP contribution in [0.4, 0.5) is 0 Å². The van der Waals surface area contributed by atoms with Crippen LogP contribution >= 0.6 is 11.6 Å². The molecule has 1 amide bonds. The number of rotatable bonds is 2. The third-order valence-electron chi connectivity index (χ3n) is 8.53. The summed E-state index contributed by atoms with van der Waals surface area (Å²) in [4.78, 5) is 40.9. The molecule has 1 aromatic carbocycles. The standard InChI is InChI=1S/C25H28ClNO3/c1-24-12-11-22(30)27(14-15-3-5-16(26)6-4-15)20(24)9-7-17-18-8-10-21(29)25(18,2)13-19(28)23(17)24/h3-6,9,17-18,23H,7-8,10-14H2,1-2H3/t17?,18-,23+,24?,25-/m0/s1. The number of benzene rings is 1. The molecule has 0 spiro atoms. The molecule has 4 nitrogen and oxygen atoms in total. The molecule has 1 aliphatic heterocycles. The third kappa shape index (κ3) is 2.76. The molecule has 5 heteroatoms. The lowest BCUT2D eigenvalue weighted by Gasteiger charge is -2.56. The highest BCUT2D eigenvalue weighted by Gasteiger charge is 2.62. The zero-order valence-corrected chi connectivity index (χ0v) is 18.4. The minimum absolute atomic E-state index is 0.0951. The van der Waals surface area contributed by atoms with Gasteiger partial charge in [0, 0.05) is 46.7 Å². The van der Waals surface area contributed by atoms with Crippen LogP contribution in [0.3, 0.4) is 0 Å². The zero-order chi connectivity index (χ0) is 21.3. The summed E-state index contributed by atoms with van der Waals surface area (Å²) in [5.74, 6) is 1.01. The van der Waals surface area contributed by atoms with Crippen molar-refractivity contribution in [2.24, 2.45) is 28.6 Å². The van der Waals surface area contributed by atoms with Crippen molar-refractivity contribution < 1.29 is 14.4 Å². The number of amides is 1. The van der Waals surface area contributed by atoms with Crippen LogP contribution in [0.25, 0.3) is 0 Å². The molecular weight excluding hydrogens is 398 g/mol. The van der Waals surface area contributed by atoms with Gasteiger partial charge in [-0.3, -0.25) is 14.4 Å². The normalized spacial score (nSPS) is 38.1. The van der Waals surface area contributed by atoms with Crippen molar-refractivity contribution in [3.05, 3.63) is 46.6 Å². The number of ketones is 2. The van der Waals surface area contributed by atoms with Gasteiger partial charge in [0.25, 0.3) is 0 Å². The van der Waals surface area contributed by atoms with E-state index in [1.54, 1.807) is 0 Å². The third-order valence-corrected chi connectivity index (χ3v) is 8.78. The second-order valence-electron chi connectivity index (χ2n) is 10.1. The predicted octanol–water partition coefficient (Wildman–Crippen LogP) is 4.95. The number of halogens is 1. The van der Waals surface area contributed by atoms with Crippen molar-refractivity contribution in [1.82, 2.24) is 4.90 Å². The summed E-state index contributed by atoms with van der Waals surface area (Å²) in [6, 6.07) is 7.60. The van der Waals surface area contributed by atoms with Crippen LogP contribution in [0.5, 0.6) is 0 Å². The quantitative estimate of drug-likeness (QED) is 0.673. The highest BCUT2D eigenvalue weighted by molar-refractivity contribution is 6.30. The number of hydrogen-bond donors (Lipinski definition) is 0. The second kappa shape index (κ2) is 6.78. The van der Waals surface area contributed by atoms with Gasteiger partial charge in [-0.05, 0) is 48.8 Å². The maximum Gasteiger partial charge on any atom is 0.227 e. The van der Waals surface area contributed by atoms with E-state index in [1.165, 1.54) is 0 Å². The molecule has 158 valence electrons. The Balaban J connectivity index is 1.52. The fraction of sp³-hybridized carbons (Fsp3) is 0.560. The van der Waals surface area contributed by atoms with Gasteiger partial charge in [-0.1, -0.05) is 43.7 Å². The summed E-state index contributed by atoms with van der Waals surface area (Å²) >= 11 is 6.02. The van der Waals surface area contributed by atoms with E-state index in [9.17, 15) is 14.4 Å². The number of carbonyl (C=O) groups excluding carboxylic acids is 3. The topological polar surface area (TPSA) is 54.5 Å². The van der Waals surface area contributed by atoms with E-state index in [0.717, 1.165) is 24.1 Å². The van der Waals surface area contributed by atoms with Gasteiger partial charge < -0.3 is 4.90 Å². The molecule has 5 rings (SSSR count). The van der Waals surface area contributed by atoms with Crippen molar-refractivity contribution in [3.63, 3.8) is 0 Å². The zero-order valence-electron chi connectivity index (χ0n) is 17.6. The minimum Gasteiger partial charge on any atom is -0.312 e. The van der Waals surface area contributed by atoms with E-state index in [0.29, 0.717) is 37.3 Å². The number of carbonyl (C=O) groups is 3.